The van der Waals surface area contributed by atoms with Crippen molar-refractivity contribution in [1.82, 2.24) is 15.1 Å². The van der Waals surface area contributed by atoms with E-state index in [0.29, 0.717) is 12.6 Å². The largest absolute Gasteiger partial charge is 0.338 e. The molecule has 2 saturated heterocycles. The lowest BCUT2D eigenvalue weighted by Gasteiger charge is -2.42. The molecule has 2 amide bonds. The highest BCUT2D eigenvalue weighted by Gasteiger charge is 2.35. The van der Waals surface area contributed by atoms with E-state index < -0.39 is 0 Å². The summed E-state index contributed by atoms with van der Waals surface area (Å²) in [5.74, 6) is 0.186. The maximum atomic E-state index is 13.1. The summed E-state index contributed by atoms with van der Waals surface area (Å²) in [6, 6.07) is 6.47. The maximum Gasteiger partial charge on any atom is 0.253 e. The Morgan fingerprint density at radius 3 is 2.41 bits per heavy atom. The molecular formula is C21H32ClN3O2. The SMILES string of the molecule is Cc1cc(C)cc(C(=O)N2CCCC(C(=O)N3CCNC(C)C3C)C2)c1.Cl. The lowest BCUT2D eigenvalue weighted by Crippen LogP contribution is -2.59. The smallest absolute Gasteiger partial charge is 0.253 e. The number of amides is 2. The number of rotatable bonds is 2. The summed E-state index contributed by atoms with van der Waals surface area (Å²) in [6.07, 6.45) is 1.77. The topological polar surface area (TPSA) is 52.7 Å². The van der Waals surface area contributed by atoms with Gasteiger partial charge in [0.05, 0.1) is 5.92 Å². The first-order chi connectivity index (χ1) is 12.4. The molecule has 2 fully saturated rings. The molecule has 0 saturated carbocycles. The van der Waals surface area contributed by atoms with Crippen molar-refractivity contribution in [3.05, 3.63) is 34.9 Å². The Morgan fingerprint density at radius 2 is 1.74 bits per heavy atom. The Kier molecular flexibility index (Phi) is 7.29. The van der Waals surface area contributed by atoms with Crippen LogP contribution in [0.2, 0.25) is 0 Å². The number of carbonyl (C=O) groups excluding carboxylic acids is 2. The monoisotopic (exact) mass is 393 g/mol. The standard InChI is InChI=1S/C21H31N3O2.ClH/c1-14-10-15(2)12-19(11-14)20(25)23-8-5-6-18(13-23)21(26)24-9-7-22-16(3)17(24)4;/h10-12,16-18,22H,5-9,13H2,1-4H3;1H. The zero-order valence-corrected chi connectivity index (χ0v) is 17.6. The number of likely N-dealkylation sites (tertiary alicyclic amines) is 1. The number of nitrogens with one attached hydrogen (secondary N) is 1. The summed E-state index contributed by atoms with van der Waals surface area (Å²) in [5.41, 5.74) is 2.93. The minimum Gasteiger partial charge on any atom is -0.338 e. The summed E-state index contributed by atoms with van der Waals surface area (Å²) in [4.78, 5) is 29.9. The van der Waals surface area contributed by atoms with Crippen molar-refractivity contribution in [1.29, 1.82) is 0 Å². The zero-order valence-electron chi connectivity index (χ0n) is 16.8. The third kappa shape index (κ3) is 4.82. The molecule has 3 unspecified atom stereocenters. The van der Waals surface area contributed by atoms with Crippen molar-refractivity contribution in [3.8, 4) is 0 Å². The Labute approximate surface area is 168 Å². The number of nitrogens with zero attached hydrogens (tertiary/aromatic N) is 2. The van der Waals surface area contributed by atoms with Crippen LogP contribution in [0.15, 0.2) is 18.2 Å². The zero-order chi connectivity index (χ0) is 18.8. The average Bonchev–Trinajstić information content (AvgIpc) is 2.62. The second-order valence-corrected chi connectivity index (χ2v) is 7.98. The molecule has 5 nitrogen and oxygen atoms in total. The second kappa shape index (κ2) is 9.07. The van der Waals surface area contributed by atoms with Gasteiger partial charge >= 0.3 is 0 Å². The fraction of sp³-hybridized carbons (Fsp3) is 0.619. The Bertz CT molecular complexity index is 674. The number of carbonyl (C=O) groups is 2. The predicted octanol–water partition coefficient (Wildman–Crippen LogP) is 2.79. The number of benzene rings is 1. The van der Waals surface area contributed by atoms with Gasteiger partial charge in [0.15, 0.2) is 0 Å². The maximum absolute atomic E-state index is 13.1. The third-order valence-corrected chi connectivity index (χ3v) is 5.84. The number of piperidine rings is 1. The van der Waals surface area contributed by atoms with Crippen LogP contribution in [0.3, 0.4) is 0 Å². The predicted molar refractivity (Wildman–Crippen MR) is 110 cm³/mol. The summed E-state index contributed by atoms with van der Waals surface area (Å²) < 4.78 is 0. The Morgan fingerprint density at radius 1 is 1.07 bits per heavy atom. The van der Waals surface area contributed by atoms with Crippen LogP contribution in [0.1, 0.15) is 48.2 Å². The van der Waals surface area contributed by atoms with E-state index in [9.17, 15) is 9.59 Å². The van der Waals surface area contributed by atoms with Gasteiger partial charge in [0.25, 0.3) is 5.91 Å². The highest BCUT2D eigenvalue weighted by atomic mass is 35.5. The van der Waals surface area contributed by atoms with E-state index in [1.165, 1.54) is 0 Å². The van der Waals surface area contributed by atoms with Gasteiger partial charge in [-0.05, 0) is 52.7 Å². The highest BCUT2D eigenvalue weighted by molar-refractivity contribution is 5.95. The molecule has 0 aromatic heterocycles. The first-order valence-electron chi connectivity index (χ1n) is 9.78. The van der Waals surface area contributed by atoms with Crippen molar-refractivity contribution in [2.24, 2.45) is 5.92 Å². The van der Waals surface area contributed by atoms with Gasteiger partial charge in [0.2, 0.25) is 5.91 Å². The van der Waals surface area contributed by atoms with Crippen LogP contribution in [0.5, 0.6) is 0 Å². The molecular weight excluding hydrogens is 362 g/mol. The van der Waals surface area contributed by atoms with E-state index in [2.05, 4.69) is 25.2 Å². The van der Waals surface area contributed by atoms with Crippen molar-refractivity contribution >= 4 is 24.2 Å². The highest BCUT2D eigenvalue weighted by Crippen LogP contribution is 2.23. The van der Waals surface area contributed by atoms with E-state index >= 15 is 0 Å². The van der Waals surface area contributed by atoms with Gasteiger partial charge < -0.3 is 15.1 Å². The molecule has 3 rings (SSSR count). The van der Waals surface area contributed by atoms with Gasteiger partial charge in [-0.15, -0.1) is 12.4 Å². The van der Waals surface area contributed by atoms with Crippen LogP contribution in [0.4, 0.5) is 0 Å². The number of hydrogen-bond donors (Lipinski definition) is 1. The quantitative estimate of drug-likeness (QED) is 0.840. The van der Waals surface area contributed by atoms with Gasteiger partial charge in [0.1, 0.15) is 0 Å². The van der Waals surface area contributed by atoms with Crippen molar-refractivity contribution < 1.29 is 9.59 Å². The molecule has 1 N–H and O–H groups in total. The van der Waals surface area contributed by atoms with E-state index in [0.717, 1.165) is 49.2 Å². The summed E-state index contributed by atoms with van der Waals surface area (Å²) in [5, 5.41) is 3.42. The van der Waals surface area contributed by atoms with Gasteiger partial charge in [-0.1, -0.05) is 17.2 Å². The second-order valence-electron chi connectivity index (χ2n) is 7.98. The van der Waals surface area contributed by atoms with Gasteiger partial charge in [-0.3, -0.25) is 9.59 Å². The van der Waals surface area contributed by atoms with E-state index in [4.69, 9.17) is 0 Å². The molecule has 2 heterocycles. The first kappa shape index (κ1) is 21.7. The molecule has 27 heavy (non-hydrogen) atoms. The molecule has 3 atom stereocenters. The van der Waals surface area contributed by atoms with Crippen molar-refractivity contribution in [3.63, 3.8) is 0 Å². The number of halogens is 1. The van der Waals surface area contributed by atoms with Crippen molar-refractivity contribution in [2.45, 2.75) is 52.6 Å². The molecule has 150 valence electrons. The molecule has 0 aliphatic carbocycles. The molecule has 1 aromatic carbocycles. The van der Waals surface area contributed by atoms with E-state index in [-0.39, 0.29) is 36.2 Å². The third-order valence-electron chi connectivity index (χ3n) is 5.84. The van der Waals surface area contributed by atoms with Gasteiger partial charge in [-0.25, -0.2) is 0 Å². The summed E-state index contributed by atoms with van der Waals surface area (Å²) in [6.45, 7) is 11.1. The van der Waals surface area contributed by atoms with Crippen LogP contribution in [0.25, 0.3) is 0 Å². The number of hydrogen-bond acceptors (Lipinski definition) is 3. The molecule has 0 bridgehead atoms. The molecule has 6 heteroatoms. The van der Waals surface area contributed by atoms with E-state index in [1.54, 1.807) is 0 Å². The summed E-state index contributed by atoms with van der Waals surface area (Å²) in [7, 11) is 0. The number of aryl methyl sites for hydroxylation is 2. The molecule has 2 aliphatic heterocycles. The lowest BCUT2D eigenvalue weighted by atomic mass is 9.94. The van der Waals surface area contributed by atoms with E-state index in [1.807, 2.05) is 35.8 Å². The first-order valence-corrected chi connectivity index (χ1v) is 9.78. The van der Waals surface area contributed by atoms with Crippen molar-refractivity contribution in [2.75, 3.05) is 26.2 Å². The molecule has 2 aliphatic rings. The Balaban J connectivity index is 0.00000261. The van der Waals surface area contributed by atoms with Crippen LogP contribution >= 0.6 is 12.4 Å². The normalized spacial score (nSPS) is 25.7. The minimum absolute atomic E-state index is 0. The van der Waals surface area contributed by atoms with Crippen LogP contribution < -0.4 is 5.32 Å². The van der Waals surface area contributed by atoms with Crippen LogP contribution in [-0.2, 0) is 4.79 Å². The fourth-order valence-electron chi connectivity index (χ4n) is 4.25. The lowest BCUT2D eigenvalue weighted by molar-refractivity contribution is -0.140. The summed E-state index contributed by atoms with van der Waals surface area (Å²) >= 11 is 0. The van der Waals surface area contributed by atoms with Crippen LogP contribution in [-0.4, -0.2) is 59.9 Å². The minimum atomic E-state index is -0.0774. The van der Waals surface area contributed by atoms with Gasteiger partial charge in [-0.2, -0.15) is 0 Å². The average molecular weight is 394 g/mol. The molecule has 1 aromatic rings. The number of piperazine rings is 1. The molecule has 0 radical (unpaired) electrons. The Hall–Kier alpha value is -1.59. The van der Waals surface area contributed by atoms with Crippen LogP contribution in [0, 0.1) is 19.8 Å². The fourth-order valence-corrected chi connectivity index (χ4v) is 4.25. The molecule has 0 spiro atoms. The van der Waals surface area contributed by atoms with Gasteiger partial charge in [0, 0.05) is 43.8 Å².